The van der Waals surface area contributed by atoms with E-state index in [0.717, 1.165) is 60.7 Å². The van der Waals surface area contributed by atoms with Gasteiger partial charge in [-0.25, -0.2) is 0 Å². The molecule has 340 valence electrons. The van der Waals surface area contributed by atoms with Crippen LogP contribution in [0.5, 0.6) is 0 Å². The second-order valence-electron chi connectivity index (χ2n) is 17.0. The highest BCUT2D eigenvalue weighted by atomic mass is 15.1. The molecule has 0 aromatic heterocycles. The number of para-hydroxylation sites is 1. The molecule has 1 heteroatoms. The van der Waals surface area contributed by atoms with Gasteiger partial charge in [-0.15, -0.1) is 0 Å². The van der Waals surface area contributed by atoms with Crippen molar-refractivity contribution < 1.29 is 50.7 Å². The molecule has 1 nitrogen and oxygen atoms in total. The zero-order valence-electron chi connectivity index (χ0n) is 74.2. The van der Waals surface area contributed by atoms with Crippen LogP contribution in [0.4, 0.5) is 17.1 Å². The van der Waals surface area contributed by atoms with E-state index in [4.69, 9.17) is 20.6 Å². The molecule has 0 N–H and O–H groups in total. The van der Waals surface area contributed by atoms with Crippen LogP contribution in [-0.4, -0.2) is 0 Å². The summed E-state index contributed by atoms with van der Waals surface area (Å²) in [7, 11) is 0. The third-order valence-electron chi connectivity index (χ3n) is 13.7. The van der Waals surface area contributed by atoms with Crippen LogP contribution < -0.4 is 4.90 Å². The molecule has 0 aliphatic heterocycles. The Hall–Kier alpha value is -9.30. The fourth-order valence-electron chi connectivity index (χ4n) is 10.9. The average Bonchev–Trinajstić information content (AvgIpc) is 1.48. The van der Waals surface area contributed by atoms with Gasteiger partial charge in [-0.1, -0.05) is 248 Å². The van der Waals surface area contributed by atoms with E-state index in [0.29, 0.717) is 4.90 Å². The van der Waals surface area contributed by atoms with Crippen LogP contribution >= 0.6 is 0 Å². The SMILES string of the molecule is [2H]c1cc(N(c2c([2H])c([2H])c(-c3c([2H])c([2H])c4c([2H])cc([2H])c([2H])c4c3-c3cc([2H])c4c(c3)C3(c5cc([2H])c([2H])c([2H])c5-c5c([2H])c([2H])c([2H])c([2H])c53)c3c([2H])c([2H])c([2H])c([2H])c3-4)c([2H])c2[2H])c2c([2H])c([2H])c([2H])c3c2-c2c(cc([2H])c([2H])c2[2H])C3(c2ccc([2H])c([2H])c2[2H])c2cc([2H])c([2H])c([2H])c2[2H])cc([2H])c1[2H]. The smallest absolute Gasteiger partial charge is 0.0725 e. The highest BCUT2D eigenvalue weighted by Gasteiger charge is 2.52. The van der Waals surface area contributed by atoms with E-state index in [1.807, 2.05) is 0 Å². The number of nitrogens with zero attached hydrogens (tertiary/aromatic N) is 1. The van der Waals surface area contributed by atoms with Gasteiger partial charge in [0.05, 0.1) is 67.2 Å². The molecule has 15 rings (SSSR count). The summed E-state index contributed by atoms with van der Waals surface area (Å²) in [5.41, 5.74) is -17.4. The largest absolute Gasteiger partial charge is 0.310 e. The summed E-state index contributed by atoms with van der Waals surface area (Å²) in [5.74, 6) is 0. The van der Waals surface area contributed by atoms with Crippen LogP contribution in [0.2, 0.25) is 0 Å². The van der Waals surface area contributed by atoms with E-state index < -0.39 is 340 Å². The first-order chi connectivity index (χ1) is 51.5. The molecule has 2 unspecified atom stereocenters. The Balaban J connectivity index is 1.11. The molecule has 0 saturated carbocycles. The normalized spacial score (nSPS) is 23.4. The third-order valence-corrected chi connectivity index (χ3v) is 13.7. The summed E-state index contributed by atoms with van der Waals surface area (Å²) in [6.07, 6.45) is 0. The van der Waals surface area contributed by atoms with E-state index in [1.165, 1.54) is 0 Å². The standard InChI is InChI=1S/C72H47N/c1-4-22-51(23-5-1)71(52-24-6-2-7-25-52)65-36-19-15-32-61(65)70-66(71)37-20-38-68(70)73(53-26-8-3-9-27-53)54-43-39-49(40-44-54)56-45-41-48-21-10-11-28-55(48)69(56)50-42-46-60-59-31-14-18-35-64(59)72(67(60)47-50)62-33-16-12-29-57(62)58-30-13-17-34-63(58)72/h1-47H/i1D,2D,3D,4D,5D,6D,8D,9D,11D,12D,13D,14D,15D,16D,17D,18D,19D,20D,21D,22D,24D,28D,29D,30D,31D,32D,33D,35D,37D,38D,39D,40D,41D,43D,44D,45D,46D. The second-order valence-corrected chi connectivity index (χ2v) is 17.0. The molecule has 2 atom stereocenters. The Bertz CT molecular complexity index is 6350. The van der Waals surface area contributed by atoms with Crippen LogP contribution in [-0.2, 0) is 10.8 Å². The maximum atomic E-state index is 10.4. The van der Waals surface area contributed by atoms with E-state index in [-0.39, 0.29) is 22.3 Å². The van der Waals surface area contributed by atoms with E-state index in [1.54, 1.807) is 0 Å². The first kappa shape index (κ1) is 19.0. The molecule has 12 aromatic rings. The molecular weight excluding hydrogens is 879 g/mol. The van der Waals surface area contributed by atoms with Crippen molar-refractivity contribution in [3.8, 4) is 55.6 Å². The van der Waals surface area contributed by atoms with Gasteiger partial charge in [0.25, 0.3) is 0 Å². The van der Waals surface area contributed by atoms with Crippen molar-refractivity contribution in [1.29, 1.82) is 0 Å². The van der Waals surface area contributed by atoms with Gasteiger partial charge in [0.1, 0.15) is 0 Å². The number of anilines is 3. The highest BCUT2D eigenvalue weighted by molar-refractivity contribution is 6.06. The Labute approximate surface area is 478 Å². The van der Waals surface area contributed by atoms with Crippen molar-refractivity contribution >= 4 is 27.8 Å². The molecule has 0 fully saturated rings. The predicted molar refractivity (Wildman–Crippen MR) is 303 cm³/mol. The summed E-state index contributed by atoms with van der Waals surface area (Å²) in [5, 5.41) is -1.16. The fourth-order valence-corrected chi connectivity index (χ4v) is 10.9. The van der Waals surface area contributed by atoms with Crippen LogP contribution in [0, 0.1) is 0 Å². The lowest BCUT2D eigenvalue weighted by atomic mass is 9.68. The molecular formula is C72H47N. The molecule has 0 heterocycles. The summed E-state index contributed by atoms with van der Waals surface area (Å²) in [4.78, 5) is 0.691. The maximum absolute atomic E-state index is 10.4. The van der Waals surface area contributed by atoms with Crippen molar-refractivity contribution in [2.75, 3.05) is 4.90 Å². The van der Waals surface area contributed by atoms with E-state index in [2.05, 4.69) is 0 Å². The van der Waals surface area contributed by atoms with Gasteiger partial charge in [0.15, 0.2) is 0 Å². The minimum absolute atomic E-state index is 0.306. The van der Waals surface area contributed by atoms with Crippen molar-refractivity contribution in [3.05, 3.63) is 329 Å². The van der Waals surface area contributed by atoms with E-state index in [9.17, 15) is 30.2 Å². The van der Waals surface area contributed by atoms with Crippen LogP contribution in [0.15, 0.2) is 284 Å². The highest BCUT2D eigenvalue weighted by Crippen LogP contribution is 2.64. The summed E-state index contributed by atoms with van der Waals surface area (Å²) in [6.45, 7) is 0. The lowest BCUT2D eigenvalue weighted by Gasteiger charge is -2.34. The molecule has 0 bridgehead atoms. The molecule has 0 saturated heterocycles. The summed E-state index contributed by atoms with van der Waals surface area (Å²) >= 11 is 0. The van der Waals surface area contributed by atoms with Gasteiger partial charge in [-0.2, -0.15) is 0 Å². The molecule has 73 heavy (non-hydrogen) atoms. The van der Waals surface area contributed by atoms with Crippen LogP contribution in [0.25, 0.3) is 66.4 Å². The average molecular weight is 963 g/mol. The zero-order chi connectivity index (χ0) is 80.3. The van der Waals surface area contributed by atoms with Crippen molar-refractivity contribution in [1.82, 2.24) is 0 Å². The summed E-state index contributed by atoms with van der Waals surface area (Å²) < 4.78 is 350. The number of fused-ring (bicyclic) bond motifs is 14. The van der Waals surface area contributed by atoms with Gasteiger partial charge in [0.2, 0.25) is 0 Å². The lowest BCUT2D eigenvalue weighted by molar-refractivity contribution is 0.768. The quantitative estimate of drug-likeness (QED) is 0.154. The van der Waals surface area contributed by atoms with Crippen LogP contribution in [0.1, 0.15) is 95.2 Å². The van der Waals surface area contributed by atoms with Gasteiger partial charge in [-0.05, 0) is 142 Å². The number of rotatable bonds is 7. The monoisotopic (exact) mass is 963 g/mol. The number of hydrogen-bond donors (Lipinski definition) is 0. The van der Waals surface area contributed by atoms with Gasteiger partial charge >= 0.3 is 0 Å². The first-order valence-electron chi connectivity index (χ1n) is 41.0. The van der Waals surface area contributed by atoms with Gasteiger partial charge in [0, 0.05) is 16.9 Å². The summed E-state index contributed by atoms with van der Waals surface area (Å²) in [6, 6.07) is -22.8. The molecule has 3 aliphatic rings. The van der Waals surface area contributed by atoms with Gasteiger partial charge in [-0.3, -0.25) is 0 Å². The fraction of sp³-hybridized carbons (Fsp3) is 0.0278. The molecule has 12 aromatic carbocycles. The van der Waals surface area contributed by atoms with E-state index >= 15 is 0 Å². The number of benzene rings is 12. The number of hydrogen-bond acceptors (Lipinski definition) is 1. The van der Waals surface area contributed by atoms with Crippen molar-refractivity contribution in [2.24, 2.45) is 0 Å². The van der Waals surface area contributed by atoms with Crippen molar-refractivity contribution in [3.63, 3.8) is 0 Å². The zero-order valence-corrected chi connectivity index (χ0v) is 37.2. The topological polar surface area (TPSA) is 3.24 Å². The minimum Gasteiger partial charge on any atom is -0.310 e. The molecule has 3 aliphatic carbocycles. The Morgan fingerprint density at radius 2 is 0.918 bits per heavy atom. The van der Waals surface area contributed by atoms with Crippen molar-refractivity contribution in [2.45, 2.75) is 10.8 Å². The second kappa shape index (κ2) is 16.1. The molecule has 1 spiro atoms. The van der Waals surface area contributed by atoms with Gasteiger partial charge < -0.3 is 4.90 Å². The molecule has 0 amide bonds. The Kier molecular flexibility index (Phi) is 4.20. The predicted octanol–water partition coefficient (Wildman–Crippen LogP) is 18.4. The Morgan fingerprint density at radius 3 is 1.71 bits per heavy atom. The Morgan fingerprint density at radius 1 is 0.301 bits per heavy atom. The minimum atomic E-state index is -2.75. The third kappa shape index (κ3) is 5.79. The lowest BCUT2D eigenvalue weighted by Crippen LogP contribution is -2.28. The van der Waals surface area contributed by atoms with Crippen LogP contribution in [0.3, 0.4) is 0 Å². The molecule has 0 radical (unpaired) electrons. The maximum Gasteiger partial charge on any atom is 0.0725 e. The first-order valence-corrected chi connectivity index (χ1v) is 22.5.